The van der Waals surface area contributed by atoms with E-state index in [-0.39, 0.29) is 5.41 Å². The second-order valence-electron chi connectivity index (χ2n) is 4.01. The summed E-state index contributed by atoms with van der Waals surface area (Å²) in [5.41, 5.74) is 1.48. The maximum atomic E-state index is 9.03. The Bertz CT molecular complexity index is 306. The van der Waals surface area contributed by atoms with Crippen molar-refractivity contribution in [1.29, 1.82) is 0 Å². The fourth-order valence-electron chi connectivity index (χ4n) is 1.90. The molecule has 0 amide bonds. The van der Waals surface area contributed by atoms with Crippen molar-refractivity contribution in [1.82, 2.24) is 0 Å². The lowest BCUT2D eigenvalue weighted by atomic mass is 9.96. The molecule has 1 aliphatic rings. The first-order chi connectivity index (χ1) is 6.16. The normalized spacial score (nSPS) is 31.8. The minimum Gasteiger partial charge on any atom is -0.396 e. The first-order valence-electron chi connectivity index (χ1n) is 4.54. The van der Waals surface area contributed by atoms with Gasteiger partial charge in [-0.2, -0.15) is 0 Å². The van der Waals surface area contributed by atoms with Crippen molar-refractivity contribution in [2.75, 3.05) is 6.61 Å². The van der Waals surface area contributed by atoms with Crippen molar-refractivity contribution < 1.29 is 5.11 Å². The van der Waals surface area contributed by atoms with Crippen LogP contribution in [-0.2, 0) is 5.41 Å². The lowest BCUT2D eigenvalue weighted by Gasteiger charge is -2.10. The highest BCUT2D eigenvalue weighted by atomic mass is 35.5. The van der Waals surface area contributed by atoms with Crippen LogP contribution < -0.4 is 0 Å². The van der Waals surface area contributed by atoms with Gasteiger partial charge < -0.3 is 5.11 Å². The molecule has 2 atom stereocenters. The molecule has 1 saturated carbocycles. The lowest BCUT2D eigenvalue weighted by molar-refractivity contribution is 0.265. The Hall–Kier alpha value is -0.530. The van der Waals surface area contributed by atoms with Crippen molar-refractivity contribution in [2.24, 2.45) is 5.92 Å². The molecular weight excluding hydrogens is 184 g/mol. The number of aliphatic hydroxyl groups excluding tert-OH is 1. The smallest absolute Gasteiger partial charge is 0.0468 e. The first kappa shape index (κ1) is 9.04. The van der Waals surface area contributed by atoms with E-state index in [9.17, 15) is 0 Å². The molecule has 0 bridgehead atoms. The topological polar surface area (TPSA) is 20.2 Å². The largest absolute Gasteiger partial charge is 0.396 e. The van der Waals surface area contributed by atoms with Crippen molar-refractivity contribution in [3.8, 4) is 0 Å². The SMILES string of the molecule is CC1(c2ccc(Cl)cc2)CC1CO. The fraction of sp³-hybridized carbons (Fsp3) is 0.455. The van der Waals surface area contributed by atoms with Crippen LogP contribution in [0.1, 0.15) is 18.9 Å². The van der Waals surface area contributed by atoms with Crippen LogP contribution in [0.5, 0.6) is 0 Å². The molecule has 0 saturated heterocycles. The van der Waals surface area contributed by atoms with E-state index in [1.165, 1.54) is 5.56 Å². The third kappa shape index (κ3) is 1.47. The van der Waals surface area contributed by atoms with Gasteiger partial charge in [0.1, 0.15) is 0 Å². The number of benzene rings is 1. The Morgan fingerprint density at radius 3 is 2.54 bits per heavy atom. The number of hydrogen-bond donors (Lipinski definition) is 1. The molecule has 1 aliphatic carbocycles. The van der Waals surface area contributed by atoms with Gasteiger partial charge in [0.2, 0.25) is 0 Å². The Labute approximate surface area is 83.3 Å². The molecule has 2 heteroatoms. The molecule has 1 aromatic rings. The monoisotopic (exact) mass is 196 g/mol. The third-order valence-electron chi connectivity index (χ3n) is 3.14. The van der Waals surface area contributed by atoms with E-state index in [0.29, 0.717) is 12.5 Å². The van der Waals surface area contributed by atoms with Crippen LogP contribution in [0.3, 0.4) is 0 Å². The van der Waals surface area contributed by atoms with Crippen molar-refractivity contribution in [3.05, 3.63) is 34.9 Å². The van der Waals surface area contributed by atoms with Gasteiger partial charge in [0.05, 0.1) is 0 Å². The zero-order chi connectivity index (χ0) is 9.47. The summed E-state index contributed by atoms with van der Waals surface area (Å²) in [6.45, 7) is 2.48. The summed E-state index contributed by atoms with van der Waals surface area (Å²) in [4.78, 5) is 0. The standard InChI is InChI=1S/C11H13ClO/c1-11(6-9(11)7-13)8-2-4-10(12)5-3-8/h2-5,9,13H,6-7H2,1H3. The predicted molar refractivity (Wildman–Crippen MR) is 54.0 cm³/mol. The second kappa shape index (κ2) is 3.00. The number of hydrogen-bond acceptors (Lipinski definition) is 1. The van der Waals surface area contributed by atoms with E-state index in [0.717, 1.165) is 11.4 Å². The van der Waals surface area contributed by atoms with Crippen LogP contribution in [0.4, 0.5) is 0 Å². The van der Waals surface area contributed by atoms with Gasteiger partial charge in [0.15, 0.2) is 0 Å². The summed E-state index contributed by atoms with van der Waals surface area (Å²) in [5, 5.41) is 9.80. The van der Waals surface area contributed by atoms with Gasteiger partial charge in [-0.15, -0.1) is 0 Å². The lowest BCUT2D eigenvalue weighted by Crippen LogP contribution is -2.06. The number of rotatable bonds is 2. The Balaban J connectivity index is 2.23. The minimum atomic E-state index is 0.194. The van der Waals surface area contributed by atoms with Gasteiger partial charge in [-0.05, 0) is 35.4 Å². The van der Waals surface area contributed by atoms with Crippen LogP contribution in [0, 0.1) is 5.92 Å². The minimum absolute atomic E-state index is 0.194. The summed E-state index contributed by atoms with van der Waals surface area (Å²) < 4.78 is 0. The third-order valence-corrected chi connectivity index (χ3v) is 3.39. The van der Waals surface area contributed by atoms with Crippen molar-refractivity contribution in [2.45, 2.75) is 18.8 Å². The van der Waals surface area contributed by atoms with Gasteiger partial charge in [-0.25, -0.2) is 0 Å². The highest BCUT2D eigenvalue weighted by Gasteiger charge is 2.50. The molecule has 2 unspecified atom stereocenters. The second-order valence-corrected chi connectivity index (χ2v) is 4.44. The molecule has 2 rings (SSSR count). The van der Waals surface area contributed by atoms with E-state index in [1.807, 2.05) is 12.1 Å². The summed E-state index contributed by atoms with van der Waals surface area (Å²) in [6.07, 6.45) is 1.09. The van der Waals surface area contributed by atoms with E-state index >= 15 is 0 Å². The molecule has 1 aromatic carbocycles. The molecule has 0 spiro atoms. The molecular formula is C11H13ClO. The molecule has 1 N–H and O–H groups in total. The molecule has 13 heavy (non-hydrogen) atoms. The molecule has 0 heterocycles. The molecule has 0 aliphatic heterocycles. The highest BCUT2D eigenvalue weighted by molar-refractivity contribution is 6.30. The molecule has 1 fully saturated rings. The van der Waals surface area contributed by atoms with Crippen LogP contribution in [0.2, 0.25) is 5.02 Å². The van der Waals surface area contributed by atoms with Crippen LogP contribution in [0.25, 0.3) is 0 Å². The maximum Gasteiger partial charge on any atom is 0.0468 e. The van der Waals surface area contributed by atoms with E-state index in [2.05, 4.69) is 19.1 Å². The fourth-order valence-corrected chi connectivity index (χ4v) is 2.03. The molecule has 0 aromatic heterocycles. The van der Waals surface area contributed by atoms with E-state index in [1.54, 1.807) is 0 Å². The molecule has 70 valence electrons. The zero-order valence-corrected chi connectivity index (χ0v) is 8.38. The molecule has 0 radical (unpaired) electrons. The average molecular weight is 197 g/mol. The zero-order valence-electron chi connectivity index (χ0n) is 7.63. The van der Waals surface area contributed by atoms with Gasteiger partial charge in [-0.1, -0.05) is 30.7 Å². The Morgan fingerprint density at radius 2 is 2.08 bits per heavy atom. The van der Waals surface area contributed by atoms with Crippen LogP contribution in [-0.4, -0.2) is 11.7 Å². The summed E-state index contributed by atoms with van der Waals surface area (Å²) >= 11 is 5.80. The predicted octanol–water partition coefficient (Wildman–Crippen LogP) is 2.61. The molecule has 1 nitrogen and oxygen atoms in total. The van der Waals surface area contributed by atoms with Crippen molar-refractivity contribution in [3.63, 3.8) is 0 Å². The van der Waals surface area contributed by atoms with Crippen LogP contribution >= 0.6 is 11.6 Å². The highest BCUT2D eigenvalue weighted by Crippen LogP contribution is 2.53. The first-order valence-corrected chi connectivity index (χ1v) is 4.91. The number of aliphatic hydroxyl groups is 1. The Morgan fingerprint density at radius 1 is 1.46 bits per heavy atom. The van der Waals surface area contributed by atoms with E-state index < -0.39 is 0 Å². The summed E-state index contributed by atoms with van der Waals surface area (Å²) in [6, 6.07) is 7.93. The quantitative estimate of drug-likeness (QED) is 0.771. The van der Waals surface area contributed by atoms with Crippen molar-refractivity contribution >= 4 is 11.6 Å². The number of halogens is 1. The van der Waals surface area contributed by atoms with Crippen LogP contribution in [0.15, 0.2) is 24.3 Å². The average Bonchev–Trinajstić information content (AvgIpc) is 2.80. The van der Waals surface area contributed by atoms with E-state index in [4.69, 9.17) is 16.7 Å². The van der Waals surface area contributed by atoms with Gasteiger partial charge in [-0.3, -0.25) is 0 Å². The Kier molecular flexibility index (Phi) is 2.09. The van der Waals surface area contributed by atoms with Gasteiger partial charge >= 0.3 is 0 Å². The summed E-state index contributed by atoms with van der Waals surface area (Å²) in [7, 11) is 0. The maximum absolute atomic E-state index is 9.03. The summed E-state index contributed by atoms with van der Waals surface area (Å²) in [5.74, 6) is 0.439. The van der Waals surface area contributed by atoms with Gasteiger partial charge in [0, 0.05) is 11.6 Å². The van der Waals surface area contributed by atoms with Gasteiger partial charge in [0.25, 0.3) is 0 Å².